The molecule has 0 amide bonds. The van der Waals surface area contributed by atoms with Crippen LogP contribution in [-0.4, -0.2) is 8.75 Å². The molecule has 0 saturated heterocycles. The Morgan fingerprint density at radius 3 is 2.03 bits per heavy atom. The van der Waals surface area contributed by atoms with E-state index in [2.05, 4.69) is 72.8 Å². The summed E-state index contributed by atoms with van der Waals surface area (Å²) >= 11 is 5.09. The van der Waals surface area contributed by atoms with Crippen molar-refractivity contribution in [3.63, 3.8) is 0 Å². The van der Waals surface area contributed by atoms with Crippen molar-refractivity contribution in [3.8, 4) is 10.4 Å². The van der Waals surface area contributed by atoms with E-state index in [0.717, 1.165) is 11.0 Å². The Hall–Kier alpha value is -2.34. The van der Waals surface area contributed by atoms with E-state index in [1.807, 2.05) is 22.7 Å². The van der Waals surface area contributed by atoms with Gasteiger partial charge in [-0.3, -0.25) is 0 Å². The van der Waals surface area contributed by atoms with Crippen LogP contribution in [0.2, 0.25) is 0 Å². The predicted octanol–water partition coefficient (Wildman–Crippen LogP) is 8.17. The molecule has 0 spiro atoms. The fourth-order valence-electron chi connectivity index (χ4n) is 4.33. The summed E-state index contributed by atoms with van der Waals surface area (Å²) in [5.74, 6) is 0. The minimum Gasteiger partial charge on any atom is -0.173 e. The second-order valence-corrected chi connectivity index (χ2v) is 10.7. The Bertz CT molecular complexity index is 1600. The molecule has 0 unspecified atom stereocenters. The maximum Gasteiger partial charge on any atom is 0.113 e. The Labute approximate surface area is 180 Å². The highest BCUT2D eigenvalue weighted by atomic mass is 32.1. The highest BCUT2D eigenvalue weighted by Gasteiger charge is 2.17. The van der Waals surface area contributed by atoms with Crippen LogP contribution in [0.1, 0.15) is 21.6 Å². The molecule has 5 heteroatoms. The molecule has 142 valence electrons. The molecule has 0 N–H and O–H groups in total. The summed E-state index contributed by atoms with van der Waals surface area (Å²) in [4.78, 5) is 2.65. The molecule has 0 radical (unpaired) electrons. The van der Waals surface area contributed by atoms with Crippen LogP contribution >= 0.6 is 34.4 Å². The number of benzene rings is 3. The van der Waals surface area contributed by atoms with Gasteiger partial charge in [0.05, 0.1) is 11.7 Å². The molecule has 0 saturated carbocycles. The lowest BCUT2D eigenvalue weighted by molar-refractivity contribution is 1.48. The second-order valence-electron chi connectivity index (χ2n) is 7.83. The van der Waals surface area contributed by atoms with Gasteiger partial charge in [0.1, 0.15) is 11.0 Å². The summed E-state index contributed by atoms with van der Waals surface area (Å²) in [7, 11) is 0. The van der Waals surface area contributed by atoms with Gasteiger partial charge in [0, 0.05) is 35.5 Å². The Balaban J connectivity index is 1.73. The van der Waals surface area contributed by atoms with Gasteiger partial charge in [-0.25, -0.2) is 0 Å². The van der Waals surface area contributed by atoms with Gasteiger partial charge in [-0.05, 0) is 79.4 Å². The SMILES string of the molecule is Cc1cc2c(C)cc3c(cc(C)c4cc(-c5ccc(C)c6nsnc56)sc43)c2s1. The van der Waals surface area contributed by atoms with E-state index in [9.17, 15) is 0 Å². The molecule has 0 aliphatic carbocycles. The number of hydrogen-bond donors (Lipinski definition) is 0. The number of aryl methyl sites for hydroxylation is 4. The van der Waals surface area contributed by atoms with E-state index >= 15 is 0 Å². The molecule has 6 rings (SSSR count). The number of hydrogen-bond acceptors (Lipinski definition) is 5. The first-order chi connectivity index (χ1) is 14.0. The topological polar surface area (TPSA) is 25.8 Å². The summed E-state index contributed by atoms with van der Waals surface area (Å²) < 4.78 is 11.9. The van der Waals surface area contributed by atoms with Crippen molar-refractivity contribution in [2.75, 3.05) is 0 Å². The standard InChI is InChI=1S/C24H18N2S3/c1-11-5-6-15(22-21(11)25-29-26-22)20-10-17-13(3)8-18-19(24(17)28-20)7-12(2)16-9-14(4)27-23(16)18/h5-10H,1-4H3. The van der Waals surface area contributed by atoms with E-state index in [1.54, 1.807) is 0 Å². The van der Waals surface area contributed by atoms with E-state index in [4.69, 9.17) is 0 Å². The zero-order chi connectivity index (χ0) is 19.9. The smallest absolute Gasteiger partial charge is 0.113 e. The summed E-state index contributed by atoms with van der Waals surface area (Å²) in [6.45, 7) is 8.78. The van der Waals surface area contributed by atoms with Crippen molar-refractivity contribution in [2.45, 2.75) is 27.7 Å². The van der Waals surface area contributed by atoms with Crippen molar-refractivity contribution >= 4 is 76.4 Å². The van der Waals surface area contributed by atoms with Gasteiger partial charge in [0.2, 0.25) is 0 Å². The van der Waals surface area contributed by atoms with Crippen LogP contribution in [0.15, 0.2) is 36.4 Å². The van der Waals surface area contributed by atoms with Crippen molar-refractivity contribution in [2.24, 2.45) is 0 Å². The molecule has 0 aliphatic rings. The minimum absolute atomic E-state index is 1.02. The van der Waals surface area contributed by atoms with Crippen molar-refractivity contribution in [3.05, 3.63) is 58.0 Å². The summed E-state index contributed by atoms with van der Waals surface area (Å²) in [5.41, 5.74) is 7.13. The molecule has 3 aromatic carbocycles. The van der Waals surface area contributed by atoms with Crippen molar-refractivity contribution < 1.29 is 0 Å². The van der Waals surface area contributed by atoms with E-state index < -0.39 is 0 Å². The van der Waals surface area contributed by atoms with E-state index in [1.165, 1.54) is 74.7 Å². The highest BCUT2D eigenvalue weighted by Crippen LogP contribution is 2.44. The van der Waals surface area contributed by atoms with Crippen LogP contribution in [0.3, 0.4) is 0 Å². The third-order valence-electron chi connectivity index (χ3n) is 5.82. The first-order valence-electron chi connectivity index (χ1n) is 9.60. The lowest BCUT2D eigenvalue weighted by Gasteiger charge is -2.07. The average Bonchev–Trinajstić information content (AvgIpc) is 3.41. The quantitative estimate of drug-likeness (QED) is 0.263. The molecule has 0 bridgehead atoms. The first-order valence-corrected chi connectivity index (χ1v) is 12.0. The molecule has 0 fully saturated rings. The largest absolute Gasteiger partial charge is 0.173 e. The number of aromatic nitrogens is 2. The molecular formula is C24H18N2S3. The lowest BCUT2D eigenvalue weighted by atomic mass is 9.99. The van der Waals surface area contributed by atoms with Crippen molar-refractivity contribution in [1.82, 2.24) is 8.75 Å². The van der Waals surface area contributed by atoms with Crippen LogP contribution < -0.4 is 0 Å². The van der Waals surface area contributed by atoms with Gasteiger partial charge in [0.25, 0.3) is 0 Å². The highest BCUT2D eigenvalue weighted by molar-refractivity contribution is 7.23. The Kier molecular flexibility index (Phi) is 3.67. The van der Waals surface area contributed by atoms with E-state index in [-0.39, 0.29) is 0 Å². The lowest BCUT2D eigenvalue weighted by Crippen LogP contribution is -1.81. The van der Waals surface area contributed by atoms with Crippen molar-refractivity contribution in [1.29, 1.82) is 0 Å². The van der Waals surface area contributed by atoms with Gasteiger partial charge in [0.15, 0.2) is 0 Å². The summed E-state index contributed by atoms with van der Waals surface area (Å²) in [5, 5.41) is 5.49. The molecule has 6 aromatic rings. The fraction of sp³-hybridized carbons (Fsp3) is 0.167. The molecule has 3 aromatic heterocycles. The van der Waals surface area contributed by atoms with Crippen LogP contribution in [0, 0.1) is 27.7 Å². The molecule has 29 heavy (non-hydrogen) atoms. The number of nitrogens with zero attached hydrogens (tertiary/aromatic N) is 2. The Morgan fingerprint density at radius 1 is 0.621 bits per heavy atom. The summed E-state index contributed by atoms with van der Waals surface area (Å²) in [6.07, 6.45) is 0. The maximum atomic E-state index is 4.61. The first kappa shape index (κ1) is 17.5. The molecular weight excluding hydrogens is 412 g/mol. The normalized spacial score (nSPS) is 12.1. The van der Waals surface area contributed by atoms with Gasteiger partial charge < -0.3 is 0 Å². The van der Waals surface area contributed by atoms with Crippen LogP contribution in [0.5, 0.6) is 0 Å². The third kappa shape index (κ3) is 2.44. The average molecular weight is 431 g/mol. The maximum absolute atomic E-state index is 4.61. The second kappa shape index (κ2) is 6.08. The van der Waals surface area contributed by atoms with Gasteiger partial charge in [-0.15, -0.1) is 22.7 Å². The van der Waals surface area contributed by atoms with Crippen LogP contribution in [0.4, 0.5) is 0 Å². The van der Waals surface area contributed by atoms with Gasteiger partial charge in [-0.2, -0.15) is 8.75 Å². The van der Waals surface area contributed by atoms with Crippen LogP contribution in [-0.2, 0) is 0 Å². The number of fused-ring (bicyclic) bond motifs is 6. The van der Waals surface area contributed by atoms with E-state index in [0.29, 0.717) is 0 Å². The number of rotatable bonds is 1. The minimum atomic E-state index is 1.02. The number of thiophene rings is 2. The van der Waals surface area contributed by atoms with Gasteiger partial charge >= 0.3 is 0 Å². The Morgan fingerprint density at radius 2 is 1.28 bits per heavy atom. The molecule has 2 nitrogen and oxygen atoms in total. The monoisotopic (exact) mass is 430 g/mol. The van der Waals surface area contributed by atoms with Gasteiger partial charge in [-0.1, -0.05) is 12.1 Å². The fourth-order valence-corrected chi connectivity index (χ4v) is 7.34. The molecule has 0 aliphatic heterocycles. The third-order valence-corrected chi connectivity index (χ3v) is 8.63. The zero-order valence-corrected chi connectivity index (χ0v) is 19.0. The van der Waals surface area contributed by atoms with Crippen LogP contribution in [0.25, 0.3) is 52.4 Å². The predicted molar refractivity (Wildman–Crippen MR) is 130 cm³/mol. The molecule has 0 atom stereocenters. The molecule has 3 heterocycles. The zero-order valence-electron chi connectivity index (χ0n) is 16.6. The summed E-state index contributed by atoms with van der Waals surface area (Å²) in [6, 6.07) is 13.8.